The van der Waals surface area contributed by atoms with Crippen LogP contribution in [0.5, 0.6) is 0 Å². The predicted octanol–water partition coefficient (Wildman–Crippen LogP) is 6.12. The first kappa shape index (κ1) is 21.3. The van der Waals surface area contributed by atoms with E-state index in [-0.39, 0.29) is 22.7 Å². The summed E-state index contributed by atoms with van der Waals surface area (Å²) in [7, 11) is -1.51. The molecule has 0 amide bonds. The van der Waals surface area contributed by atoms with Gasteiger partial charge in [-0.15, -0.1) is 0 Å². The normalized spacial score (nSPS) is 45.5. The monoisotopic (exact) mass is 413 g/mol. The van der Waals surface area contributed by atoms with Gasteiger partial charge in [-0.05, 0) is 93.7 Å². The van der Waals surface area contributed by atoms with Crippen LogP contribution in [-0.2, 0) is 9.22 Å². The van der Waals surface area contributed by atoms with E-state index in [4.69, 9.17) is 4.43 Å². The summed E-state index contributed by atoms with van der Waals surface area (Å²) in [6.07, 6.45) is 10.6. The van der Waals surface area contributed by atoms with E-state index in [1.807, 2.05) is 6.92 Å². The Labute approximate surface area is 178 Å². The molecule has 3 nitrogen and oxygen atoms in total. The molecule has 0 spiro atoms. The minimum Gasteiger partial charge on any atom is -0.414 e. The lowest BCUT2D eigenvalue weighted by Crippen LogP contribution is -2.51. The van der Waals surface area contributed by atoms with E-state index >= 15 is 0 Å². The van der Waals surface area contributed by atoms with E-state index in [1.54, 1.807) is 5.57 Å². The molecular formula is C25H39NO2Si. The first-order valence-corrected chi connectivity index (χ1v) is 15.2. The molecule has 3 fully saturated rings. The molecule has 0 aromatic carbocycles. The van der Waals surface area contributed by atoms with E-state index < -0.39 is 8.32 Å². The quantitative estimate of drug-likeness (QED) is 0.413. The number of carbonyl (C=O) groups excluding carboxylic acids is 1. The highest BCUT2D eigenvalue weighted by Gasteiger charge is 2.62. The maximum Gasteiger partial charge on any atom is 0.184 e. The van der Waals surface area contributed by atoms with Gasteiger partial charge in [0.2, 0.25) is 0 Å². The van der Waals surface area contributed by atoms with Gasteiger partial charge in [0.15, 0.2) is 8.32 Å². The van der Waals surface area contributed by atoms with E-state index in [9.17, 15) is 10.1 Å². The van der Waals surface area contributed by atoms with Crippen LogP contribution in [0.25, 0.3) is 0 Å². The Morgan fingerprint density at radius 3 is 2.55 bits per heavy atom. The summed E-state index contributed by atoms with van der Waals surface area (Å²) in [6.45, 7) is 13.7. The standard InChI is InChI=1S/C25H39NO2Si/c1-16(15-26)23-22(27)14-21-19-8-7-17-13-18(28-29(4,5)6)9-11-24(17,2)20(19)10-12-25(21,23)3/h7,16,18-21,23H,8-14H2,1-6H3/t16-,18+,19?,20?,21?,23+,24+,25+/m1/s1. The molecule has 8 atom stereocenters. The van der Waals surface area contributed by atoms with Crippen LogP contribution in [0, 0.1) is 51.8 Å². The summed E-state index contributed by atoms with van der Waals surface area (Å²) < 4.78 is 6.48. The van der Waals surface area contributed by atoms with Crippen LogP contribution in [-0.4, -0.2) is 20.2 Å². The highest BCUT2D eigenvalue weighted by molar-refractivity contribution is 6.69. The number of Topliss-reactive ketones (excluding diaryl/α,β-unsaturated/α-hetero) is 1. The van der Waals surface area contributed by atoms with Crippen LogP contribution in [0.4, 0.5) is 0 Å². The van der Waals surface area contributed by atoms with E-state index in [1.165, 1.54) is 19.3 Å². The number of hydrogen-bond acceptors (Lipinski definition) is 3. The number of hydrogen-bond donors (Lipinski definition) is 0. The van der Waals surface area contributed by atoms with Gasteiger partial charge in [-0.25, -0.2) is 0 Å². The second-order valence-corrected chi connectivity index (χ2v) is 16.4. The molecule has 3 saturated carbocycles. The summed E-state index contributed by atoms with van der Waals surface area (Å²) >= 11 is 0. The number of allylic oxidation sites excluding steroid dienone is 1. The number of rotatable bonds is 3. The highest BCUT2D eigenvalue weighted by Crippen LogP contribution is 2.66. The molecule has 0 N–H and O–H groups in total. The average molecular weight is 414 g/mol. The number of fused-ring (bicyclic) bond motifs is 5. The summed E-state index contributed by atoms with van der Waals surface area (Å²) in [6, 6.07) is 2.40. The number of ketones is 1. The fourth-order valence-electron chi connectivity index (χ4n) is 7.98. The molecule has 29 heavy (non-hydrogen) atoms. The second kappa shape index (κ2) is 7.06. The molecule has 0 radical (unpaired) electrons. The molecular weight excluding hydrogens is 374 g/mol. The number of nitrogens with zero attached hydrogens (tertiary/aromatic N) is 1. The lowest BCUT2D eigenvalue weighted by atomic mass is 9.47. The van der Waals surface area contributed by atoms with Crippen molar-refractivity contribution < 1.29 is 9.22 Å². The summed E-state index contributed by atoms with van der Waals surface area (Å²) in [5.74, 6) is 1.90. The SMILES string of the molecule is C[C@H](C#N)[C@H]1C(=O)CC2C3CC=C4C[C@@H](O[Si](C)(C)C)CC[C@]4(C)C3CC[C@@]21C. The Kier molecular flexibility index (Phi) is 5.19. The first-order chi connectivity index (χ1) is 13.5. The smallest absolute Gasteiger partial charge is 0.184 e. The van der Waals surface area contributed by atoms with Crippen molar-refractivity contribution in [3.63, 3.8) is 0 Å². The Hall–Kier alpha value is -0.923. The van der Waals surface area contributed by atoms with Crippen LogP contribution in [0.1, 0.15) is 65.7 Å². The summed E-state index contributed by atoms with van der Waals surface area (Å²) in [4.78, 5) is 13.0. The van der Waals surface area contributed by atoms with E-state index in [0.717, 1.165) is 19.3 Å². The van der Waals surface area contributed by atoms with Crippen LogP contribution in [0.15, 0.2) is 11.6 Å². The van der Waals surface area contributed by atoms with Gasteiger partial charge in [-0.2, -0.15) is 5.26 Å². The van der Waals surface area contributed by atoms with Crippen molar-refractivity contribution in [1.29, 1.82) is 5.26 Å². The Balaban J connectivity index is 1.59. The maximum atomic E-state index is 13.0. The van der Waals surface area contributed by atoms with Crippen LogP contribution < -0.4 is 0 Å². The molecule has 160 valence electrons. The van der Waals surface area contributed by atoms with Crippen molar-refractivity contribution in [2.24, 2.45) is 40.4 Å². The van der Waals surface area contributed by atoms with Crippen LogP contribution in [0.2, 0.25) is 19.6 Å². The van der Waals surface area contributed by atoms with Crippen molar-refractivity contribution in [2.75, 3.05) is 0 Å². The zero-order valence-corrected chi connectivity index (χ0v) is 20.3. The van der Waals surface area contributed by atoms with Crippen LogP contribution >= 0.6 is 0 Å². The molecule has 4 aliphatic carbocycles. The number of nitriles is 1. The van der Waals surface area contributed by atoms with Gasteiger partial charge < -0.3 is 4.43 Å². The third-order valence-corrected chi connectivity index (χ3v) is 10.2. The molecule has 4 heteroatoms. The molecule has 0 aliphatic heterocycles. The topological polar surface area (TPSA) is 50.1 Å². The summed E-state index contributed by atoms with van der Waals surface area (Å²) in [5.41, 5.74) is 1.95. The minimum absolute atomic E-state index is 0.0211. The Morgan fingerprint density at radius 2 is 1.90 bits per heavy atom. The van der Waals surface area contributed by atoms with Gasteiger partial charge in [-0.3, -0.25) is 4.79 Å². The highest BCUT2D eigenvalue weighted by atomic mass is 28.4. The van der Waals surface area contributed by atoms with Crippen LogP contribution in [0.3, 0.4) is 0 Å². The van der Waals surface area contributed by atoms with Crippen molar-refractivity contribution in [1.82, 2.24) is 0 Å². The van der Waals surface area contributed by atoms with E-state index in [2.05, 4.69) is 45.6 Å². The maximum absolute atomic E-state index is 13.0. The van der Waals surface area contributed by atoms with Gasteiger partial charge in [-0.1, -0.05) is 25.5 Å². The van der Waals surface area contributed by atoms with Gasteiger partial charge in [0.05, 0.1) is 12.0 Å². The van der Waals surface area contributed by atoms with Gasteiger partial charge in [0, 0.05) is 18.4 Å². The zero-order chi connectivity index (χ0) is 21.2. The molecule has 3 unspecified atom stereocenters. The third-order valence-electron chi connectivity index (χ3n) is 9.20. The third kappa shape index (κ3) is 3.37. The van der Waals surface area contributed by atoms with E-state index in [0.29, 0.717) is 36.1 Å². The minimum atomic E-state index is -1.51. The lowest BCUT2D eigenvalue weighted by molar-refractivity contribution is -0.123. The largest absolute Gasteiger partial charge is 0.414 e. The fourth-order valence-corrected chi connectivity index (χ4v) is 9.18. The van der Waals surface area contributed by atoms with Crippen molar-refractivity contribution in [3.8, 4) is 6.07 Å². The lowest BCUT2D eigenvalue weighted by Gasteiger charge is -2.58. The summed E-state index contributed by atoms with van der Waals surface area (Å²) in [5, 5.41) is 9.53. The predicted molar refractivity (Wildman–Crippen MR) is 119 cm³/mol. The molecule has 0 aromatic rings. The molecule has 0 heterocycles. The fraction of sp³-hybridized carbons (Fsp3) is 0.840. The molecule has 4 rings (SSSR count). The second-order valence-electron chi connectivity index (χ2n) is 12.0. The van der Waals surface area contributed by atoms with Crippen molar-refractivity contribution >= 4 is 14.1 Å². The van der Waals surface area contributed by atoms with Gasteiger partial charge in [0.1, 0.15) is 5.78 Å². The Morgan fingerprint density at radius 1 is 1.17 bits per heavy atom. The van der Waals surface area contributed by atoms with Gasteiger partial charge in [0.25, 0.3) is 0 Å². The molecule has 0 saturated heterocycles. The molecule has 0 aromatic heterocycles. The zero-order valence-electron chi connectivity index (χ0n) is 19.3. The first-order valence-electron chi connectivity index (χ1n) is 11.8. The molecule has 0 bridgehead atoms. The van der Waals surface area contributed by atoms with Crippen molar-refractivity contribution in [2.45, 2.75) is 91.5 Å². The number of carbonyl (C=O) groups is 1. The van der Waals surface area contributed by atoms with Gasteiger partial charge >= 0.3 is 0 Å². The van der Waals surface area contributed by atoms with Crippen molar-refractivity contribution in [3.05, 3.63) is 11.6 Å². The molecule has 4 aliphatic rings. The Bertz CT molecular complexity index is 762. The average Bonchev–Trinajstić information content (AvgIpc) is 2.90.